The second-order valence-corrected chi connectivity index (χ2v) is 4.68. The lowest BCUT2D eigenvalue weighted by molar-refractivity contribution is 1.12. The summed E-state index contributed by atoms with van der Waals surface area (Å²) in [6.07, 6.45) is 3.73. The van der Waals surface area contributed by atoms with E-state index in [9.17, 15) is 0 Å². The van der Waals surface area contributed by atoms with E-state index in [-0.39, 0.29) is 0 Å². The van der Waals surface area contributed by atoms with E-state index in [1.165, 1.54) is 16.5 Å². The summed E-state index contributed by atoms with van der Waals surface area (Å²) in [7, 11) is 0. The van der Waals surface area contributed by atoms with Crippen molar-refractivity contribution in [3.05, 3.63) is 72.1 Å². The van der Waals surface area contributed by atoms with Crippen molar-refractivity contribution in [3.63, 3.8) is 0 Å². The number of nitrogens with one attached hydrogen (secondary N) is 1. The zero-order valence-corrected chi connectivity index (χ0v) is 10.9. The second kappa shape index (κ2) is 5.11. The van der Waals surface area contributed by atoms with Gasteiger partial charge in [-0.15, -0.1) is 0 Å². The van der Waals surface area contributed by atoms with Gasteiger partial charge in [0.1, 0.15) is 0 Å². The number of anilines is 1. The van der Waals surface area contributed by atoms with Gasteiger partial charge < -0.3 is 5.32 Å². The minimum atomic E-state index is 0.841. The molecule has 2 aromatic carbocycles. The minimum Gasteiger partial charge on any atom is -0.380 e. The number of aromatic nitrogens is 1. The highest BCUT2D eigenvalue weighted by Gasteiger charge is 2.01. The normalized spacial score (nSPS) is 10.6. The summed E-state index contributed by atoms with van der Waals surface area (Å²) in [5, 5.41) is 5.90. The quantitative estimate of drug-likeness (QED) is 0.753. The number of aryl methyl sites for hydroxylation is 1. The van der Waals surface area contributed by atoms with E-state index in [1.54, 1.807) is 0 Å². The molecular weight excluding hydrogens is 232 g/mol. The Hall–Kier alpha value is -2.35. The topological polar surface area (TPSA) is 24.9 Å². The fraction of sp³-hybridized carbons (Fsp3) is 0.118. The van der Waals surface area contributed by atoms with Gasteiger partial charge in [-0.3, -0.25) is 4.98 Å². The molecule has 0 amide bonds. The first-order valence-electron chi connectivity index (χ1n) is 6.46. The highest BCUT2D eigenvalue weighted by atomic mass is 14.9. The lowest BCUT2D eigenvalue weighted by Crippen LogP contribution is -2.01. The molecule has 3 aromatic rings. The molecule has 0 atom stereocenters. The van der Waals surface area contributed by atoms with Crippen molar-refractivity contribution in [1.29, 1.82) is 0 Å². The van der Waals surface area contributed by atoms with Gasteiger partial charge >= 0.3 is 0 Å². The van der Waals surface area contributed by atoms with Crippen molar-refractivity contribution < 1.29 is 0 Å². The Balaban J connectivity index is 1.88. The highest BCUT2D eigenvalue weighted by molar-refractivity contribution is 5.93. The number of pyridine rings is 1. The molecule has 1 aromatic heterocycles. The Morgan fingerprint density at radius 1 is 1.00 bits per heavy atom. The standard InChI is InChI=1S/C17H16N2/c1-13-5-2-3-6-14(13)12-19-17-8-4-7-15-11-18-10-9-16(15)17/h2-11,19H,12H2,1H3. The molecule has 0 aliphatic rings. The van der Waals surface area contributed by atoms with Crippen LogP contribution in [-0.4, -0.2) is 4.98 Å². The van der Waals surface area contributed by atoms with Crippen LogP contribution in [0.1, 0.15) is 11.1 Å². The van der Waals surface area contributed by atoms with Crippen LogP contribution in [0.3, 0.4) is 0 Å². The second-order valence-electron chi connectivity index (χ2n) is 4.68. The molecule has 94 valence electrons. The lowest BCUT2D eigenvalue weighted by atomic mass is 10.1. The van der Waals surface area contributed by atoms with Crippen molar-refractivity contribution in [2.75, 3.05) is 5.32 Å². The predicted octanol–water partition coefficient (Wildman–Crippen LogP) is 4.16. The molecule has 2 heteroatoms. The van der Waals surface area contributed by atoms with Crippen LogP contribution < -0.4 is 5.32 Å². The van der Waals surface area contributed by atoms with Gasteiger partial charge in [-0.05, 0) is 30.2 Å². The van der Waals surface area contributed by atoms with E-state index in [0.29, 0.717) is 0 Å². The summed E-state index contributed by atoms with van der Waals surface area (Å²) in [5.41, 5.74) is 3.80. The van der Waals surface area contributed by atoms with E-state index >= 15 is 0 Å². The Bertz CT molecular complexity index is 699. The highest BCUT2D eigenvalue weighted by Crippen LogP contribution is 2.23. The van der Waals surface area contributed by atoms with E-state index in [1.807, 2.05) is 12.4 Å². The Kier molecular flexibility index (Phi) is 3.15. The van der Waals surface area contributed by atoms with Crippen LogP contribution in [0.2, 0.25) is 0 Å². The van der Waals surface area contributed by atoms with Crippen molar-refractivity contribution in [2.24, 2.45) is 0 Å². The third kappa shape index (κ3) is 2.43. The Labute approximate surface area is 113 Å². The molecule has 0 aliphatic heterocycles. The lowest BCUT2D eigenvalue weighted by Gasteiger charge is -2.11. The van der Waals surface area contributed by atoms with Crippen molar-refractivity contribution >= 4 is 16.5 Å². The molecule has 0 aliphatic carbocycles. The van der Waals surface area contributed by atoms with Crippen molar-refractivity contribution in [3.8, 4) is 0 Å². The van der Waals surface area contributed by atoms with E-state index < -0.39 is 0 Å². The van der Waals surface area contributed by atoms with Crippen LogP contribution >= 0.6 is 0 Å². The maximum absolute atomic E-state index is 4.16. The molecule has 19 heavy (non-hydrogen) atoms. The number of rotatable bonds is 3. The number of hydrogen-bond donors (Lipinski definition) is 1. The Morgan fingerprint density at radius 3 is 2.79 bits per heavy atom. The van der Waals surface area contributed by atoms with E-state index in [2.05, 4.69) is 65.8 Å². The smallest absolute Gasteiger partial charge is 0.0423 e. The average molecular weight is 248 g/mol. The van der Waals surface area contributed by atoms with Crippen LogP contribution in [0, 0.1) is 6.92 Å². The first-order valence-corrected chi connectivity index (χ1v) is 6.46. The first-order chi connectivity index (χ1) is 9.34. The first kappa shape index (κ1) is 11.7. The van der Waals surface area contributed by atoms with Gasteiger partial charge in [-0.1, -0.05) is 36.4 Å². The van der Waals surface area contributed by atoms with Gasteiger partial charge in [0, 0.05) is 35.4 Å². The SMILES string of the molecule is Cc1ccccc1CNc1cccc2cnccc12. The van der Waals surface area contributed by atoms with Crippen LogP contribution in [0.4, 0.5) is 5.69 Å². The molecule has 0 bridgehead atoms. The van der Waals surface area contributed by atoms with Gasteiger partial charge in [0.2, 0.25) is 0 Å². The fourth-order valence-corrected chi connectivity index (χ4v) is 2.28. The fourth-order valence-electron chi connectivity index (χ4n) is 2.28. The molecule has 0 unspecified atom stereocenters. The molecule has 0 saturated heterocycles. The Morgan fingerprint density at radius 2 is 1.89 bits per heavy atom. The van der Waals surface area contributed by atoms with Crippen molar-refractivity contribution in [2.45, 2.75) is 13.5 Å². The van der Waals surface area contributed by atoms with Gasteiger partial charge in [0.05, 0.1) is 0 Å². The molecule has 0 spiro atoms. The maximum atomic E-state index is 4.16. The van der Waals surface area contributed by atoms with Gasteiger partial charge in [0.25, 0.3) is 0 Å². The number of nitrogens with zero attached hydrogens (tertiary/aromatic N) is 1. The molecule has 2 nitrogen and oxygen atoms in total. The van der Waals surface area contributed by atoms with Crippen molar-refractivity contribution in [1.82, 2.24) is 4.98 Å². The third-order valence-corrected chi connectivity index (χ3v) is 3.41. The molecule has 0 fully saturated rings. The largest absolute Gasteiger partial charge is 0.380 e. The average Bonchev–Trinajstić information content (AvgIpc) is 2.46. The molecular formula is C17H16N2. The van der Waals surface area contributed by atoms with E-state index in [0.717, 1.165) is 17.6 Å². The van der Waals surface area contributed by atoms with Crippen LogP contribution in [-0.2, 0) is 6.54 Å². The molecule has 1 N–H and O–H groups in total. The monoisotopic (exact) mass is 248 g/mol. The number of fused-ring (bicyclic) bond motifs is 1. The summed E-state index contributed by atoms with van der Waals surface area (Å²) in [4.78, 5) is 4.16. The molecule has 0 saturated carbocycles. The molecule has 1 heterocycles. The van der Waals surface area contributed by atoms with Gasteiger partial charge in [-0.2, -0.15) is 0 Å². The predicted molar refractivity (Wildman–Crippen MR) is 80.2 cm³/mol. The summed E-state index contributed by atoms with van der Waals surface area (Å²) in [6.45, 7) is 2.98. The zero-order chi connectivity index (χ0) is 13.1. The summed E-state index contributed by atoms with van der Waals surface area (Å²) < 4.78 is 0. The molecule has 3 rings (SSSR count). The zero-order valence-electron chi connectivity index (χ0n) is 10.9. The third-order valence-electron chi connectivity index (χ3n) is 3.41. The van der Waals surface area contributed by atoms with Gasteiger partial charge in [0.15, 0.2) is 0 Å². The summed E-state index contributed by atoms with van der Waals surface area (Å²) >= 11 is 0. The van der Waals surface area contributed by atoms with E-state index in [4.69, 9.17) is 0 Å². The van der Waals surface area contributed by atoms with Crippen LogP contribution in [0.25, 0.3) is 10.8 Å². The van der Waals surface area contributed by atoms with Gasteiger partial charge in [-0.25, -0.2) is 0 Å². The minimum absolute atomic E-state index is 0.841. The summed E-state index contributed by atoms with van der Waals surface area (Å²) in [6, 6.07) is 16.8. The van der Waals surface area contributed by atoms with Crippen LogP contribution in [0.5, 0.6) is 0 Å². The number of hydrogen-bond acceptors (Lipinski definition) is 2. The number of benzene rings is 2. The van der Waals surface area contributed by atoms with Crippen LogP contribution in [0.15, 0.2) is 60.9 Å². The summed E-state index contributed by atoms with van der Waals surface area (Å²) in [5.74, 6) is 0. The molecule has 0 radical (unpaired) electrons. The maximum Gasteiger partial charge on any atom is 0.0423 e.